The molecule has 2 rings (SSSR count). The van der Waals surface area contributed by atoms with Crippen LogP contribution in [0.2, 0.25) is 0 Å². The van der Waals surface area contributed by atoms with E-state index in [4.69, 9.17) is 5.73 Å². The first-order chi connectivity index (χ1) is 9.38. The summed E-state index contributed by atoms with van der Waals surface area (Å²) in [6.07, 6.45) is 0.550. The average Bonchev–Trinajstić information content (AvgIpc) is 2.38. The molecule has 1 aliphatic rings. The Balaban J connectivity index is 2.08. The Morgan fingerprint density at radius 1 is 1.45 bits per heavy atom. The van der Waals surface area contributed by atoms with Gasteiger partial charge in [0.2, 0.25) is 0 Å². The highest BCUT2D eigenvalue weighted by molar-refractivity contribution is 8.00. The summed E-state index contributed by atoms with van der Waals surface area (Å²) in [5.41, 5.74) is 7.01. The van der Waals surface area contributed by atoms with E-state index in [0.717, 1.165) is 11.3 Å². The molecular formula is C13H20N2O3S2. The number of hydrogen-bond donors (Lipinski definition) is 2. The largest absolute Gasteiger partial charge is 0.399 e. The number of hydrogen-bond acceptors (Lipinski definition) is 6. The smallest absolute Gasteiger partial charge is 0.164 e. The predicted molar refractivity (Wildman–Crippen MR) is 83.3 cm³/mol. The number of nitrogens with two attached hydrogens (primary N) is 1. The van der Waals surface area contributed by atoms with Gasteiger partial charge in [-0.1, -0.05) is 12.1 Å². The van der Waals surface area contributed by atoms with Crippen molar-refractivity contribution in [2.75, 3.05) is 36.6 Å². The van der Waals surface area contributed by atoms with Gasteiger partial charge >= 0.3 is 0 Å². The van der Waals surface area contributed by atoms with Crippen molar-refractivity contribution in [1.29, 1.82) is 0 Å². The van der Waals surface area contributed by atoms with Gasteiger partial charge in [0, 0.05) is 36.5 Å². The molecule has 20 heavy (non-hydrogen) atoms. The first-order valence-corrected chi connectivity index (χ1v) is 9.53. The molecule has 0 spiro atoms. The lowest BCUT2D eigenvalue weighted by Gasteiger charge is -2.35. The minimum absolute atomic E-state index is 0.322. The monoisotopic (exact) mass is 316 g/mol. The molecule has 1 aromatic carbocycles. The minimum atomic E-state index is -3.14. The highest BCUT2D eigenvalue weighted by atomic mass is 32.2. The van der Waals surface area contributed by atoms with Crippen molar-refractivity contribution >= 4 is 27.3 Å². The number of nitrogen functional groups attached to an aromatic ring is 1. The quantitative estimate of drug-likeness (QED) is 0.797. The molecule has 3 N–H and O–H groups in total. The number of thioether (sulfide) groups is 1. The zero-order valence-electron chi connectivity index (χ0n) is 11.4. The second kappa shape index (κ2) is 6.34. The standard InChI is InChI=1S/C13H20N2O3S2/c1-20(17,18)13-9-19-7-6-15(13)8-12(16)10-2-4-11(14)5-3-10/h2-5,12-13,16H,6-9,14H2,1H3. The molecule has 0 aromatic heterocycles. The van der Waals surface area contributed by atoms with Gasteiger partial charge in [-0.3, -0.25) is 4.90 Å². The number of β-amino-alcohol motifs (C(OH)–C–C–N with tert-alkyl or cyclic N) is 1. The zero-order valence-corrected chi connectivity index (χ0v) is 13.0. The van der Waals surface area contributed by atoms with Crippen LogP contribution in [0.4, 0.5) is 5.69 Å². The van der Waals surface area contributed by atoms with Crippen LogP contribution in [0, 0.1) is 0 Å². The summed E-state index contributed by atoms with van der Waals surface area (Å²) in [5.74, 6) is 1.45. The molecule has 112 valence electrons. The van der Waals surface area contributed by atoms with E-state index >= 15 is 0 Å². The van der Waals surface area contributed by atoms with E-state index in [9.17, 15) is 13.5 Å². The first-order valence-electron chi connectivity index (χ1n) is 6.42. The fourth-order valence-corrected chi connectivity index (χ4v) is 5.22. The topological polar surface area (TPSA) is 83.6 Å². The first kappa shape index (κ1) is 15.6. The fraction of sp³-hybridized carbons (Fsp3) is 0.538. The number of aliphatic hydroxyl groups is 1. The van der Waals surface area contributed by atoms with Crippen LogP contribution >= 0.6 is 11.8 Å². The molecule has 7 heteroatoms. The molecule has 0 aliphatic carbocycles. The minimum Gasteiger partial charge on any atom is -0.399 e. The molecule has 0 bridgehead atoms. The average molecular weight is 316 g/mol. The van der Waals surface area contributed by atoms with Crippen LogP contribution in [0.1, 0.15) is 11.7 Å². The second-order valence-electron chi connectivity index (χ2n) is 5.04. The molecule has 5 nitrogen and oxygen atoms in total. The van der Waals surface area contributed by atoms with Gasteiger partial charge in [0.05, 0.1) is 6.10 Å². The van der Waals surface area contributed by atoms with Crippen LogP contribution in [0.25, 0.3) is 0 Å². The maximum atomic E-state index is 11.8. The third-order valence-corrected chi connectivity index (χ3v) is 6.10. The van der Waals surface area contributed by atoms with Crippen LogP contribution < -0.4 is 5.73 Å². The van der Waals surface area contributed by atoms with Crippen molar-refractivity contribution in [3.8, 4) is 0 Å². The van der Waals surface area contributed by atoms with Crippen LogP contribution in [-0.4, -0.2) is 54.6 Å². The molecule has 1 aromatic rings. The number of anilines is 1. The van der Waals surface area contributed by atoms with Gasteiger partial charge in [0.1, 0.15) is 5.37 Å². The Bertz CT molecular complexity index is 545. The van der Waals surface area contributed by atoms with Crippen molar-refractivity contribution in [3.63, 3.8) is 0 Å². The van der Waals surface area contributed by atoms with Crippen molar-refractivity contribution in [3.05, 3.63) is 29.8 Å². The van der Waals surface area contributed by atoms with E-state index in [1.165, 1.54) is 6.26 Å². The van der Waals surface area contributed by atoms with Crippen molar-refractivity contribution < 1.29 is 13.5 Å². The number of rotatable bonds is 4. The molecule has 0 saturated carbocycles. The molecule has 1 fully saturated rings. The van der Waals surface area contributed by atoms with Crippen molar-refractivity contribution in [2.24, 2.45) is 0 Å². The third kappa shape index (κ3) is 3.88. The summed E-state index contributed by atoms with van der Waals surface area (Å²) in [6, 6.07) is 7.01. The molecular weight excluding hydrogens is 296 g/mol. The number of benzene rings is 1. The summed E-state index contributed by atoms with van der Waals surface area (Å²) in [6.45, 7) is 0.997. The van der Waals surface area contributed by atoms with Crippen LogP contribution in [0.15, 0.2) is 24.3 Å². The maximum absolute atomic E-state index is 11.8. The number of nitrogens with zero attached hydrogens (tertiary/aromatic N) is 1. The van der Waals surface area contributed by atoms with E-state index in [1.54, 1.807) is 36.0 Å². The Morgan fingerprint density at radius 3 is 2.70 bits per heavy atom. The lowest BCUT2D eigenvalue weighted by Crippen LogP contribution is -2.48. The molecule has 0 radical (unpaired) electrons. The lowest BCUT2D eigenvalue weighted by molar-refractivity contribution is 0.111. The Labute approximate surface area is 124 Å². The van der Waals surface area contributed by atoms with E-state index in [2.05, 4.69) is 0 Å². The third-order valence-electron chi connectivity index (χ3n) is 3.41. The summed E-state index contributed by atoms with van der Waals surface area (Å²) in [4.78, 5) is 1.85. The highest BCUT2D eigenvalue weighted by Gasteiger charge is 2.32. The van der Waals surface area contributed by atoms with Gasteiger partial charge in [-0.05, 0) is 17.7 Å². The number of aliphatic hydroxyl groups excluding tert-OH is 1. The maximum Gasteiger partial charge on any atom is 0.164 e. The van der Waals surface area contributed by atoms with E-state index < -0.39 is 21.3 Å². The van der Waals surface area contributed by atoms with Gasteiger partial charge in [-0.25, -0.2) is 8.42 Å². The van der Waals surface area contributed by atoms with Crippen LogP contribution in [0.3, 0.4) is 0 Å². The van der Waals surface area contributed by atoms with Gasteiger partial charge in [-0.2, -0.15) is 11.8 Å². The Morgan fingerprint density at radius 2 is 2.10 bits per heavy atom. The van der Waals surface area contributed by atoms with Gasteiger partial charge < -0.3 is 10.8 Å². The van der Waals surface area contributed by atoms with Crippen molar-refractivity contribution in [2.45, 2.75) is 11.5 Å². The summed E-state index contributed by atoms with van der Waals surface area (Å²) in [7, 11) is -3.14. The van der Waals surface area contributed by atoms with Crippen LogP contribution in [0.5, 0.6) is 0 Å². The fourth-order valence-electron chi connectivity index (χ4n) is 2.26. The normalized spacial score (nSPS) is 22.6. The van der Waals surface area contributed by atoms with Gasteiger partial charge in [0.25, 0.3) is 0 Å². The molecule has 1 aliphatic heterocycles. The Hall–Kier alpha value is -0.760. The van der Waals surface area contributed by atoms with Gasteiger partial charge in [0.15, 0.2) is 9.84 Å². The van der Waals surface area contributed by atoms with Crippen molar-refractivity contribution in [1.82, 2.24) is 4.90 Å². The highest BCUT2D eigenvalue weighted by Crippen LogP contribution is 2.24. The van der Waals surface area contributed by atoms with Crippen LogP contribution in [-0.2, 0) is 9.84 Å². The summed E-state index contributed by atoms with van der Waals surface area (Å²) < 4.78 is 23.6. The summed E-state index contributed by atoms with van der Waals surface area (Å²) in [5, 5.41) is 9.75. The molecule has 1 saturated heterocycles. The SMILES string of the molecule is CS(=O)(=O)C1CSCCN1CC(O)c1ccc(N)cc1. The molecule has 1 heterocycles. The van der Waals surface area contributed by atoms with E-state index in [0.29, 0.717) is 24.5 Å². The molecule has 2 unspecified atom stereocenters. The zero-order chi connectivity index (χ0) is 14.8. The van der Waals surface area contributed by atoms with E-state index in [1.807, 2.05) is 4.90 Å². The predicted octanol–water partition coefficient (Wildman–Crippen LogP) is 0.722. The van der Waals surface area contributed by atoms with E-state index in [-0.39, 0.29) is 0 Å². The Kier molecular flexibility index (Phi) is 4.95. The second-order valence-corrected chi connectivity index (χ2v) is 8.39. The molecule has 0 amide bonds. The molecule has 2 atom stereocenters. The lowest BCUT2D eigenvalue weighted by atomic mass is 10.1. The van der Waals surface area contributed by atoms with Gasteiger partial charge in [-0.15, -0.1) is 0 Å². The number of sulfone groups is 1. The summed E-state index contributed by atoms with van der Waals surface area (Å²) >= 11 is 1.64.